The van der Waals surface area contributed by atoms with Crippen LogP contribution in [0.25, 0.3) is 11.4 Å². The van der Waals surface area contributed by atoms with Crippen molar-refractivity contribution in [2.24, 2.45) is 7.05 Å². The monoisotopic (exact) mass is 365 g/mol. The molecule has 1 aromatic carbocycles. The Labute approximate surface area is 138 Å². The summed E-state index contributed by atoms with van der Waals surface area (Å²) in [6, 6.07) is 9.03. The highest BCUT2D eigenvalue weighted by atomic mass is 79.9. The Morgan fingerprint density at radius 1 is 1.32 bits per heavy atom. The van der Waals surface area contributed by atoms with Gasteiger partial charge in [-0.2, -0.15) is 0 Å². The van der Waals surface area contributed by atoms with Crippen LogP contribution in [0, 0.1) is 0 Å². The molecule has 1 atom stereocenters. The van der Waals surface area contributed by atoms with Crippen molar-refractivity contribution in [3.05, 3.63) is 40.6 Å². The van der Waals surface area contributed by atoms with E-state index in [4.69, 9.17) is 0 Å². The Morgan fingerprint density at radius 2 is 1.91 bits per heavy atom. The smallest absolute Gasteiger partial charge is 0.327 e. The van der Waals surface area contributed by atoms with Crippen LogP contribution in [-0.4, -0.2) is 38.6 Å². The third-order valence-corrected chi connectivity index (χ3v) is 4.38. The molecule has 0 saturated carbocycles. The van der Waals surface area contributed by atoms with Crippen LogP contribution in [0.4, 0.5) is 0 Å². The fourth-order valence-corrected chi connectivity index (χ4v) is 3.31. The van der Waals surface area contributed by atoms with Crippen LogP contribution in [-0.2, 0) is 11.8 Å². The van der Waals surface area contributed by atoms with Gasteiger partial charge in [-0.1, -0.05) is 44.2 Å². The number of carboxylic acid groups (broad SMARTS) is 1. The van der Waals surface area contributed by atoms with Crippen LogP contribution >= 0.6 is 15.9 Å². The third kappa shape index (κ3) is 3.08. The minimum Gasteiger partial charge on any atom is -0.480 e. The topological polar surface area (TPSA) is 58.4 Å². The lowest BCUT2D eigenvalue weighted by Gasteiger charge is -2.26. The van der Waals surface area contributed by atoms with Gasteiger partial charge in [0.2, 0.25) is 0 Å². The van der Waals surface area contributed by atoms with Gasteiger partial charge < -0.3 is 9.67 Å². The van der Waals surface area contributed by atoms with Crippen LogP contribution in [0.5, 0.6) is 0 Å². The maximum atomic E-state index is 11.8. The molecule has 2 rings (SSSR count). The van der Waals surface area contributed by atoms with Gasteiger partial charge in [0.05, 0.1) is 5.69 Å². The lowest BCUT2D eigenvalue weighted by atomic mass is 10.1. The van der Waals surface area contributed by atoms with Crippen molar-refractivity contribution in [1.29, 1.82) is 0 Å². The number of hydrogen-bond acceptors (Lipinski definition) is 3. The minimum absolute atomic E-state index is 0.577. The highest BCUT2D eigenvalue weighted by Crippen LogP contribution is 2.32. The predicted molar refractivity (Wildman–Crippen MR) is 89.6 cm³/mol. The average molecular weight is 366 g/mol. The molecular formula is C16H20BrN3O2. The van der Waals surface area contributed by atoms with Gasteiger partial charge in [-0.05, 0) is 29.0 Å². The molecule has 5 nitrogen and oxygen atoms in total. The van der Waals surface area contributed by atoms with Crippen molar-refractivity contribution in [3.8, 4) is 11.4 Å². The number of imidazole rings is 1. The average Bonchev–Trinajstić information content (AvgIpc) is 2.80. The first-order valence-corrected chi connectivity index (χ1v) is 8.04. The molecule has 0 aliphatic heterocycles. The number of benzene rings is 1. The molecule has 0 fully saturated rings. The van der Waals surface area contributed by atoms with Gasteiger partial charge in [-0.15, -0.1) is 0 Å². The van der Waals surface area contributed by atoms with Crippen molar-refractivity contribution in [1.82, 2.24) is 14.5 Å². The van der Waals surface area contributed by atoms with Gasteiger partial charge in [-0.3, -0.25) is 9.69 Å². The van der Waals surface area contributed by atoms with Crippen molar-refractivity contribution >= 4 is 21.9 Å². The van der Waals surface area contributed by atoms with Crippen molar-refractivity contribution in [3.63, 3.8) is 0 Å². The largest absolute Gasteiger partial charge is 0.480 e. The Morgan fingerprint density at radius 3 is 2.41 bits per heavy atom. The number of halogens is 1. The molecule has 0 aliphatic carbocycles. The predicted octanol–water partition coefficient (Wildman–Crippen LogP) is 3.32. The number of aliphatic carboxylic acids is 1. The zero-order valence-corrected chi connectivity index (χ0v) is 14.5. The molecule has 1 aromatic heterocycles. The summed E-state index contributed by atoms with van der Waals surface area (Å²) in [5, 5.41) is 9.68. The summed E-state index contributed by atoms with van der Waals surface area (Å²) in [6.45, 7) is 5.24. The number of likely N-dealkylation sites (N-methyl/N-ethyl adjacent to an activating group) is 1. The van der Waals surface area contributed by atoms with Crippen molar-refractivity contribution in [2.75, 3.05) is 13.1 Å². The summed E-state index contributed by atoms with van der Waals surface area (Å²) in [5.74, 6) is -0.118. The molecule has 0 aliphatic rings. The first kappa shape index (κ1) is 16.7. The zero-order chi connectivity index (χ0) is 16.3. The maximum absolute atomic E-state index is 11.8. The van der Waals surface area contributed by atoms with E-state index in [9.17, 15) is 9.90 Å². The van der Waals surface area contributed by atoms with Gasteiger partial charge >= 0.3 is 5.97 Å². The van der Waals surface area contributed by atoms with Crippen LogP contribution < -0.4 is 0 Å². The highest BCUT2D eigenvalue weighted by molar-refractivity contribution is 9.10. The summed E-state index contributed by atoms with van der Waals surface area (Å²) < 4.78 is 2.43. The van der Waals surface area contributed by atoms with E-state index in [1.165, 1.54) is 0 Å². The fourth-order valence-electron chi connectivity index (χ4n) is 2.65. The standard InChI is InChI=1S/C16H20BrN3O2/c1-4-20(5-2)13(16(21)22)12-14(17)18-15(19(12)3)11-9-7-6-8-10-11/h6-10,13H,4-5H2,1-3H3,(H,21,22). The number of hydrogen-bond donors (Lipinski definition) is 1. The van der Waals surface area contributed by atoms with E-state index in [-0.39, 0.29) is 0 Å². The number of aromatic nitrogens is 2. The quantitative estimate of drug-likeness (QED) is 0.852. The van der Waals surface area contributed by atoms with Crippen LogP contribution in [0.15, 0.2) is 34.9 Å². The van der Waals surface area contributed by atoms with E-state index in [2.05, 4.69) is 20.9 Å². The van der Waals surface area contributed by atoms with E-state index < -0.39 is 12.0 Å². The second kappa shape index (κ2) is 7.07. The van der Waals surface area contributed by atoms with E-state index in [0.29, 0.717) is 23.4 Å². The molecule has 0 bridgehead atoms. The fraction of sp³-hybridized carbons (Fsp3) is 0.375. The van der Waals surface area contributed by atoms with Crippen molar-refractivity contribution < 1.29 is 9.90 Å². The molecule has 1 unspecified atom stereocenters. The lowest BCUT2D eigenvalue weighted by molar-refractivity contribution is -0.143. The molecule has 118 valence electrons. The molecule has 22 heavy (non-hydrogen) atoms. The molecule has 6 heteroatoms. The van der Waals surface area contributed by atoms with Crippen LogP contribution in [0.2, 0.25) is 0 Å². The molecule has 0 saturated heterocycles. The van der Waals surface area contributed by atoms with Gasteiger partial charge in [0.1, 0.15) is 10.4 Å². The lowest BCUT2D eigenvalue weighted by Crippen LogP contribution is -2.35. The minimum atomic E-state index is -0.869. The highest BCUT2D eigenvalue weighted by Gasteiger charge is 2.32. The van der Waals surface area contributed by atoms with Gasteiger partial charge in [0, 0.05) is 12.6 Å². The van der Waals surface area contributed by atoms with Gasteiger partial charge in [-0.25, -0.2) is 4.98 Å². The zero-order valence-electron chi connectivity index (χ0n) is 13.0. The summed E-state index contributed by atoms with van der Waals surface area (Å²) in [7, 11) is 1.86. The Hall–Kier alpha value is -1.66. The molecular weight excluding hydrogens is 346 g/mol. The van der Waals surface area contributed by atoms with E-state index in [0.717, 1.165) is 11.4 Å². The van der Waals surface area contributed by atoms with Crippen LogP contribution in [0.1, 0.15) is 25.6 Å². The van der Waals surface area contributed by atoms with Crippen LogP contribution in [0.3, 0.4) is 0 Å². The van der Waals surface area contributed by atoms with E-state index >= 15 is 0 Å². The third-order valence-electron chi connectivity index (χ3n) is 3.80. The number of carbonyl (C=O) groups is 1. The molecule has 0 spiro atoms. The second-order valence-electron chi connectivity index (χ2n) is 5.00. The summed E-state index contributed by atoms with van der Waals surface area (Å²) in [5.41, 5.74) is 1.62. The van der Waals surface area contributed by atoms with Gasteiger partial charge in [0.15, 0.2) is 6.04 Å². The number of nitrogens with zero attached hydrogens (tertiary/aromatic N) is 3. The normalized spacial score (nSPS) is 12.6. The van der Waals surface area contributed by atoms with Gasteiger partial charge in [0.25, 0.3) is 0 Å². The molecule has 1 heterocycles. The van der Waals surface area contributed by atoms with Crippen molar-refractivity contribution in [2.45, 2.75) is 19.9 Å². The SMILES string of the molecule is CCN(CC)C(C(=O)O)c1c(Br)nc(-c2ccccc2)n1C. The number of carboxylic acids is 1. The first-order chi connectivity index (χ1) is 10.5. The summed E-state index contributed by atoms with van der Waals surface area (Å²) in [4.78, 5) is 18.2. The Bertz CT molecular complexity index is 651. The first-order valence-electron chi connectivity index (χ1n) is 7.25. The maximum Gasteiger partial charge on any atom is 0.327 e. The second-order valence-corrected chi connectivity index (χ2v) is 5.75. The molecule has 0 amide bonds. The summed E-state index contributed by atoms with van der Waals surface area (Å²) in [6.07, 6.45) is 0. The molecule has 1 N–H and O–H groups in total. The van der Waals surface area contributed by atoms with E-state index in [1.54, 1.807) is 0 Å². The Balaban J connectivity index is 2.56. The van der Waals surface area contributed by atoms with E-state index in [1.807, 2.05) is 60.7 Å². The number of rotatable bonds is 6. The summed E-state index contributed by atoms with van der Waals surface area (Å²) >= 11 is 3.44. The Kier molecular flexibility index (Phi) is 5.37. The molecule has 0 radical (unpaired) electrons. The molecule has 2 aromatic rings.